The van der Waals surface area contributed by atoms with Gasteiger partial charge in [0.05, 0.1) is 22.2 Å². The van der Waals surface area contributed by atoms with Crippen molar-refractivity contribution < 1.29 is 14.5 Å². The first-order chi connectivity index (χ1) is 9.93. The largest absolute Gasteiger partial charge is 0.363 e. The molecule has 21 heavy (non-hydrogen) atoms. The van der Waals surface area contributed by atoms with Gasteiger partial charge in [0.15, 0.2) is 0 Å². The zero-order chi connectivity index (χ0) is 15.5. The third kappa shape index (κ3) is 3.53. The predicted molar refractivity (Wildman–Crippen MR) is 73.7 cm³/mol. The molecule has 8 heteroatoms. The number of ether oxygens (including phenoxy) is 1. The van der Waals surface area contributed by atoms with Crippen LogP contribution in [-0.4, -0.2) is 36.1 Å². The summed E-state index contributed by atoms with van der Waals surface area (Å²) in [4.78, 5) is 22.1. The summed E-state index contributed by atoms with van der Waals surface area (Å²) in [6, 6.07) is 5.67. The molecule has 0 aliphatic carbocycles. The smallest absolute Gasteiger partial charge is 0.294 e. The molecule has 0 aromatic heterocycles. The van der Waals surface area contributed by atoms with Gasteiger partial charge < -0.3 is 15.4 Å². The molecule has 1 fully saturated rings. The number of carbonyl (C=O) groups is 1. The van der Waals surface area contributed by atoms with Crippen LogP contribution >= 0.6 is 0 Å². The molecule has 1 heterocycles. The Hall–Kier alpha value is -2.50. The maximum absolute atomic E-state index is 11.8. The van der Waals surface area contributed by atoms with Crippen LogP contribution in [0.1, 0.15) is 12.5 Å². The maximum Gasteiger partial charge on any atom is 0.294 e. The average Bonchev–Trinajstić information content (AvgIpc) is 2.43. The van der Waals surface area contributed by atoms with Gasteiger partial charge in [-0.05, 0) is 19.1 Å². The van der Waals surface area contributed by atoms with E-state index < -0.39 is 10.8 Å². The van der Waals surface area contributed by atoms with Crippen molar-refractivity contribution in [2.45, 2.75) is 12.5 Å². The minimum absolute atomic E-state index is 0.0458. The Labute approximate surface area is 120 Å². The quantitative estimate of drug-likeness (QED) is 0.611. The second-order valence-corrected chi connectivity index (χ2v) is 4.99. The lowest BCUT2D eigenvalue weighted by Crippen LogP contribution is -2.59. The molecular formula is C13H14N4O4. The number of nitrogens with one attached hydrogen (secondary N) is 2. The number of benzene rings is 1. The second-order valence-electron chi connectivity index (χ2n) is 4.99. The summed E-state index contributed by atoms with van der Waals surface area (Å²) < 4.78 is 5.45. The molecule has 2 rings (SSSR count). The van der Waals surface area contributed by atoms with Crippen LogP contribution in [0.2, 0.25) is 0 Å². The van der Waals surface area contributed by atoms with Gasteiger partial charge in [-0.1, -0.05) is 0 Å². The number of nitriles is 1. The van der Waals surface area contributed by atoms with Crippen molar-refractivity contribution in [3.63, 3.8) is 0 Å². The highest BCUT2D eigenvalue weighted by Gasteiger charge is 2.33. The SMILES string of the molecule is CC1(OCC(=O)Nc2ccc(C#N)cc2[N+](=O)[O-])CNC1. The first kappa shape index (κ1) is 14.9. The molecule has 0 atom stereocenters. The van der Waals surface area contributed by atoms with Gasteiger partial charge in [0.2, 0.25) is 0 Å². The molecule has 0 spiro atoms. The topological polar surface area (TPSA) is 117 Å². The summed E-state index contributed by atoms with van der Waals surface area (Å²) >= 11 is 0. The summed E-state index contributed by atoms with van der Waals surface area (Å²) in [5.74, 6) is -0.476. The highest BCUT2D eigenvalue weighted by molar-refractivity contribution is 5.94. The van der Waals surface area contributed by atoms with Gasteiger partial charge in [-0.15, -0.1) is 0 Å². The average molecular weight is 290 g/mol. The van der Waals surface area contributed by atoms with E-state index in [9.17, 15) is 14.9 Å². The second kappa shape index (κ2) is 5.87. The van der Waals surface area contributed by atoms with E-state index in [2.05, 4.69) is 10.6 Å². The van der Waals surface area contributed by atoms with Crippen molar-refractivity contribution in [1.82, 2.24) is 5.32 Å². The van der Waals surface area contributed by atoms with Crippen LogP contribution in [0.5, 0.6) is 0 Å². The number of amides is 1. The normalized spacial score (nSPS) is 15.6. The predicted octanol–water partition coefficient (Wildman–Crippen LogP) is 0.783. The van der Waals surface area contributed by atoms with E-state index in [1.807, 2.05) is 13.0 Å². The highest BCUT2D eigenvalue weighted by Crippen LogP contribution is 2.25. The van der Waals surface area contributed by atoms with Crippen LogP contribution in [0.15, 0.2) is 18.2 Å². The first-order valence-corrected chi connectivity index (χ1v) is 6.27. The molecule has 2 N–H and O–H groups in total. The molecule has 1 saturated heterocycles. The number of rotatable bonds is 5. The number of nitrogens with zero attached hydrogens (tertiary/aromatic N) is 2. The number of hydrogen-bond donors (Lipinski definition) is 2. The standard InChI is InChI=1S/C13H14N4O4/c1-13(7-15-8-13)21-6-12(18)16-10-3-2-9(5-14)4-11(10)17(19)20/h2-4,15H,6-8H2,1H3,(H,16,18). The molecular weight excluding hydrogens is 276 g/mol. The van der Waals surface area contributed by atoms with Crippen molar-refractivity contribution in [3.05, 3.63) is 33.9 Å². The van der Waals surface area contributed by atoms with Crippen LogP contribution < -0.4 is 10.6 Å². The molecule has 1 aromatic rings. The molecule has 1 amide bonds. The number of hydrogen-bond acceptors (Lipinski definition) is 6. The Morgan fingerprint density at radius 1 is 1.62 bits per heavy atom. The van der Waals surface area contributed by atoms with E-state index in [-0.39, 0.29) is 29.1 Å². The molecule has 8 nitrogen and oxygen atoms in total. The summed E-state index contributed by atoms with van der Waals surface area (Å²) in [5.41, 5.74) is -0.485. The number of nitro benzene ring substituents is 1. The molecule has 110 valence electrons. The molecule has 0 unspecified atom stereocenters. The lowest BCUT2D eigenvalue weighted by atomic mass is 10.0. The van der Waals surface area contributed by atoms with E-state index in [1.165, 1.54) is 12.1 Å². The fourth-order valence-corrected chi connectivity index (χ4v) is 1.86. The lowest BCUT2D eigenvalue weighted by Gasteiger charge is -2.38. The maximum atomic E-state index is 11.8. The van der Waals surface area contributed by atoms with E-state index in [0.717, 1.165) is 6.07 Å². The Bertz CT molecular complexity index is 619. The van der Waals surface area contributed by atoms with Gasteiger partial charge >= 0.3 is 0 Å². The zero-order valence-corrected chi connectivity index (χ0v) is 11.4. The monoisotopic (exact) mass is 290 g/mol. The van der Waals surface area contributed by atoms with Gasteiger partial charge in [0, 0.05) is 19.2 Å². The summed E-state index contributed by atoms with van der Waals surface area (Å²) in [6.07, 6.45) is 0. The molecule has 1 aromatic carbocycles. The molecule has 1 aliphatic heterocycles. The van der Waals surface area contributed by atoms with Crippen LogP contribution in [0.3, 0.4) is 0 Å². The van der Waals surface area contributed by atoms with Gasteiger partial charge in [0.25, 0.3) is 11.6 Å². The summed E-state index contributed by atoms with van der Waals surface area (Å²) in [6.45, 7) is 3.02. The van der Waals surface area contributed by atoms with E-state index >= 15 is 0 Å². The molecule has 1 aliphatic rings. The number of anilines is 1. The van der Waals surface area contributed by atoms with Gasteiger partial charge in [0.1, 0.15) is 12.3 Å². The summed E-state index contributed by atoms with van der Waals surface area (Å²) in [5, 5.41) is 25.2. The van der Waals surface area contributed by atoms with Crippen LogP contribution in [-0.2, 0) is 9.53 Å². The van der Waals surface area contributed by atoms with Crippen molar-refractivity contribution >= 4 is 17.3 Å². The fourth-order valence-electron chi connectivity index (χ4n) is 1.86. The zero-order valence-electron chi connectivity index (χ0n) is 11.4. The minimum atomic E-state index is -0.644. The van der Waals surface area contributed by atoms with E-state index in [0.29, 0.717) is 13.1 Å². The van der Waals surface area contributed by atoms with Gasteiger partial charge in [-0.3, -0.25) is 14.9 Å². The third-order valence-electron chi connectivity index (χ3n) is 3.15. The van der Waals surface area contributed by atoms with Crippen molar-refractivity contribution in [3.8, 4) is 6.07 Å². The van der Waals surface area contributed by atoms with E-state index in [1.54, 1.807) is 0 Å². The van der Waals surface area contributed by atoms with Crippen molar-refractivity contribution in [2.24, 2.45) is 0 Å². The Morgan fingerprint density at radius 3 is 2.86 bits per heavy atom. The Balaban J connectivity index is 2.03. The summed E-state index contributed by atoms with van der Waals surface area (Å²) in [7, 11) is 0. The van der Waals surface area contributed by atoms with Gasteiger partial charge in [-0.25, -0.2) is 0 Å². The van der Waals surface area contributed by atoms with Crippen molar-refractivity contribution in [2.75, 3.05) is 25.0 Å². The fraction of sp³-hybridized carbons (Fsp3) is 0.385. The number of carbonyl (C=O) groups excluding carboxylic acids is 1. The van der Waals surface area contributed by atoms with Crippen LogP contribution in [0, 0.1) is 21.4 Å². The van der Waals surface area contributed by atoms with Gasteiger partial charge in [-0.2, -0.15) is 5.26 Å². The molecule has 0 radical (unpaired) electrons. The molecule has 0 saturated carbocycles. The Morgan fingerprint density at radius 2 is 2.33 bits per heavy atom. The van der Waals surface area contributed by atoms with E-state index in [4.69, 9.17) is 10.00 Å². The lowest BCUT2D eigenvalue weighted by molar-refractivity contribution is -0.383. The number of nitro groups is 1. The van der Waals surface area contributed by atoms with Crippen LogP contribution in [0.4, 0.5) is 11.4 Å². The first-order valence-electron chi connectivity index (χ1n) is 6.27. The van der Waals surface area contributed by atoms with Crippen molar-refractivity contribution in [1.29, 1.82) is 5.26 Å². The third-order valence-corrected chi connectivity index (χ3v) is 3.15. The Kier molecular flexibility index (Phi) is 4.16. The van der Waals surface area contributed by atoms with Crippen LogP contribution in [0.25, 0.3) is 0 Å². The molecule has 0 bridgehead atoms. The minimum Gasteiger partial charge on any atom is -0.363 e. The highest BCUT2D eigenvalue weighted by atomic mass is 16.6.